The van der Waals surface area contributed by atoms with Crippen molar-refractivity contribution in [2.75, 3.05) is 0 Å². The van der Waals surface area contributed by atoms with Gasteiger partial charge in [-0.2, -0.15) is 0 Å². The molecule has 2 rings (SSSR count). The summed E-state index contributed by atoms with van der Waals surface area (Å²) in [5.74, 6) is 1.76. The fourth-order valence-corrected chi connectivity index (χ4v) is 3.38. The lowest BCUT2D eigenvalue weighted by atomic mass is 9.80. The molecule has 0 heterocycles. The molecule has 0 radical (unpaired) electrons. The summed E-state index contributed by atoms with van der Waals surface area (Å²) >= 11 is 0. The number of rotatable bonds is 3. The van der Waals surface area contributed by atoms with Gasteiger partial charge in [0, 0.05) is 0 Å². The standard InChI is InChI=1S/C15H28O.C2H2/c1-12(2)13-7-6-10-15(11-13)16-14-8-4-3-5-9-14;1-2/h12-15H,3-11H2,1-2H3;1-2H. The van der Waals surface area contributed by atoms with E-state index in [4.69, 9.17) is 4.74 Å². The van der Waals surface area contributed by atoms with Gasteiger partial charge in [-0.05, 0) is 37.5 Å². The van der Waals surface area contributed by atoms with Gasteiger partial charge in [0.05, 0.1) is 12.2 Å². The first-order valence-electron chi connectivity index (χ1n) is 7.74. The molecule has 2 aliphatic rings. The zero-order valence-corrected chi connectivity index (χ0v) is 12.2. The summed E-state index contributed by atoms with van der Waals surface area (Å²) in [5, 5.41) is 0. The third-order valence-corrected chi connectivity index (χ3v) is 4.55. The van der Waals surface area contributed by atoms with E-state index in [2.05, 4.69) is 26.7 Å². The molecule has 2 aliphatic carbocycles. The van der Waals surface area contributed by atoms with Gasteiger partial charge in [0.2, 0.25) is 0 Å². The van der Waals surface area contributed by atoms with Gasteiger partial charge in [-0.3, -0.25) is 0 Å². The highest BCUT2D eigenvalue weighted by Crippen LogP contribution is 2.33. The molecule has 104 valence electrons. The average molecular weight is 250 g/mol. The van der Waals surface area contributed by atoms with E-state index >= 15 is 0 Å². The van der Waals surface area contributed by atoms with E-state index < -0.39 is 0 Å². The van der Waals surface area contributed by atoms with Gasteiger partial charge in [-0.1, -0.05) is 46.0 Å². The Morgan fingerprint density at radius 1 is 0.833 bits per heavy atom. The molecule has 0 amide bonds. The largest absolute Gasteiger partial charge is 0.375 e. The SMILES string of the molecule is C#C.CC(C)C1CCCC(OC2CCCCC2)C1. The fraction of sp³-hybridized carbons (Fsp3) is 0.882. The molecular weight excluding hydrogens is 220 g/mol. The van der Waals surface area contributed by atoms with Gasteiger partial charge in [0.1, 0.15) is 0 Å². The van der Waals surface area contributed by atoms with Crippen LogP contribution in [0.3, 0.4) is 0 Å². The molecule has 1 heteroatoms. The van der Waals surface area contributed by atoms with Crippen molar-refractivity contribution in [1.82, 2.24) is 0 Å². The van der Waals surface area contributed by atoms with E-state index in [-0.39, 0.29) is 0 Å². The molecule has 0 saturated heterocycles. The Morgan fingerprint density at radius 3 is 2.06 bits per heavy atom. The molecule has 2 fully saturated rings. The summed E-state index contributed by atoms with van der Waals surface area (Å²) in [4.78, 5) is 0. The van der Waals surface area contributed by atoms with Gasteiger partial charge >= 0.3 is 0 Å². The second-order valence-electron chi connectivity index (χ2n) is 6.19. The van der Waals surface area contributed by atoms with Crippen LogP contribution in [-0.4, -0.2) is 12.2 Å². The smallest absolute Gasteiger partial charge is 0.0581 e. The van der Waals surface area contributed by atoms with Crippen LogP contribution in [0, 0.1) is 24.7 Å². The molecule has 0 bridgehead atoms. The van der Waals surface area contributed by atoms with Crippen LogP contribution in [0.5, 0.6) is 0 Å². The maximum absolute atomic E-state index is 6.31. The number of hydrogen-bond donors (Lipinski definition) is 0. The van der Waals surface area contributed by atoms with Crippen LogP contribution in [0.15, 0.2) is 0 Å². The van der Waals surface area contributed by atoms with Crippen molar-refractivity contribution < 1.29 is 4.74 Å². The molecule has 0 aliphatic heterocycles. The summed E-state index contributed by atoms with van der Waals surface area (Å²) < 4.78 is 6.31. The van der Waals surface area contributed by atoms with Gasteiger partial charge < -0.3 is 4.74 Å². The lowest BCUT2D eigenvalue weighted by molar-refractivity contribution is -0.0581. The zero-order chi connectivity index (χ0) is 13.4. The van der Waals surface area contributed by atoms with Crippen molar-refractivity contribution in [3.05, 3.63) is 0 Å². The van der Waals surface area contributed by atoms with Crippen LogP contribution in [0.25, 0.3) is 0 Å². The van der Waals surface area contributed by atoms with Crippen molar-refractivity contribution in [3.63, 3.8) is 0 Å². The lowest BCUT2D eigenvalue weighted by Crippen LogP contribution is -2.30. The number of ether oxygens (including phenoxy) is 1. The zero-order valence-electron chi connectivity index (χ0n) is 12.2. The molecule has 0 aromatic carbocycles. The predicted octanol–water partition coefficient (Wildman–Crippen LogP) is 4.80. The topological polar surface area (TPSA) is 9.23 Å². The van der Waals surface area contributed by atoms with E-state index in [1.54, 1.807) is 0 Å². The van der Waals surface area contributed by atoms with Crippen LogP contribution in [0.2, 0.25) is 0 Å². The lowest BCUT2D eigenvalue weighted by Gasteiger charge is -2.35. The Kier molecular flexibility index (Phi) is 7.44. The maximum atomic E-state index is 6.31. The molecule has 0 N–H and O–H groups in total. The molecule has 0 aromatic heterocycles. The highest BCUT2D eigenvalue weighted by Gasteiger charge is 2.27. The van der Waals surface area contributed by atoms with Crippen molar-refractivity contribution in [1.29, 1.82) is 0 Å². The monoisotopic (exact) mass is 250 g/mol. The van der Waals surface area contributed by atoms with Gasteiger partial charge in [0.15, 0.2) is 0 Å². The minimum atomic E-state index is 0.587. The Hall–Kier alpha value is -0.480. The van der Waals surface area contributed by atoms with Crippen molar-refractivity contribution in [2.45, 2.75) is 83.8 Å². The molecular formula is C17H30O. The molecule has 0 spiro atoms. The second kappa shape index (κ2) is 8.59. The minimum absolute atomic E-state index is 0.587. The first kappa shape index (κ1) is 15.6. The van der Waals surface area contributed by atoms with Crippen LogP contribution in [0.4, 0.5) is 0 Å². The molecule has 2 unspecified atom stereocenters. The first-order chi connectivity index (χ1) is 8.75. The van der Waals surface area contributed by atoms with Gasteiger partial charge in [-0.15, -0.1) is 12.8 Å². The van der Waals surface area contributed by atoms with Crippen LogP contribution in [0.1, 0.15) is 71.6 Å². The first-order valence-corrected chi connectivity index (χ1v) is 7.74. The Morgan fingerprint density at radius 2 is 1.44 bits per heavy atom. The van der Waals surface area contributed by atoms with Crippen molar-refractivity contribution in [3.8, 4) is 12.8 Å². The number of hydrogen-bond acceptors (Lipinski definition) is 1. The average Bonchev–Trinajstić information content (AvgIpc) is 2.42. The van der Waals surface area contributed by atoms with Crippen LogP contribution >= 0.6 is 0 Å². The highest BCUT2D eigenvalue weighted by atomic mass is 16.5. The van der Waals surface area contributed by atoms with E-state index in [1.807, 2.05) is 0 Å². The van der Waals surface area contributed by atoms with E-state index in [0.717, 1.165) is 11.8 Å². The quantitative estimate of drug-likeness (QED) is 0.654. The molecule has 0 aromatic rings. The fourth-order valence-electron chi connectivity index (χ4n) is 3.38. The van der Waals surface area contributed by atoms with Crippen molar-refractivity contribution in [2.24, 2.45) is 11.8 Å². The second-order valence-corrected chi connectivity index (χ2v) is 6.19. The van der Waals surface area contributed by atoms with Gasteiger partial charge in [-0.25, -0.2) is 0 Å². The van der Waals surface area contributed by atoms with E-state index in [1.165, 1.54) is 57.8 Å². The Balaban J connectivity index is 0.000000771. The Labute approximate surface area is 114 Å². The molecule has 1 nitrogen and oxygen atoms in total. The molecule has 2 atom stereocenters. The molecule has 18 heavy (non-hydrogen) atoms. The third kappa shape index (κ3) is 5.02. The summed E-state index contributed by atoms with van der Waals surface area (Å²) in [6.45, 7) is 4.74. The van der Waals surface area contributed by atoms with E-state index in [0.29, 0.717) is 12.2 Å². The maximum Gasteiger partial charge on any atom is 0.0581 e. The van der Waals surface area contributed by atoms with Crippen LogP contribution < -0.4 is 0 Å². The summed E-state index contributed by atoms with van der Waals surface area (Å²) in [5.41, 5.74) is 0. The highest BCUT2D eigenvalue weighted by molar-refractivity contribution is 4.77. The third-order valence-electron chi connectivity index (χ3n) is 4.55. The van der Waals surface area contributed by atoms with Gasteiger partial charge in [0.25, 0.3) is 0 Å². The summed E-state index contributed by atoms with van der Waals surface area (Å²) in [7, 11) is 0. The number of terminal acetylenes is 1. The predicted molar refractivity (Wildman–Crippen MR) is 78.4 cm³/mol. The summed E-state index contributed by atoms with van der Waals surface area (Å²) in [6, 6.07) is 0. The molecule has 2 saturated carbocycles. The summed E-state index contributed by atoms with van der Waals surface area (Å²) in [6.07, 6.45) is 21.5. The minimum Gasteiger partial charge on any atom is -0.375 e. The van der Waals surface area contributed by atoms with E-state index in [9.17, 15) is 0 Å². The Bertz CT molecular complexity index is 225. The van der Waals surface area contributed by atoms with Crippen LogP contribution in [-0.2, 0) is 4.74 Å². The van der Waals surface area contributed by atoms with Crippen molar-refractivity contribution >= 4 is 0 Å². The normalized spacial score (nSPS) is 29.6.